The van der Waals surface area contributed by atoms with Gasteiger partial charge in [0.1, 0.15) is 5.75 Å². The van der Waals surface area contributed by atoms with Crippen molar-refractivity contribution in [2.45, 2.75) is 18.7 Å². The van der Waals surface area contributed by atoms with Crippen LogP contribution in [0.25, 0.3) is 6.08 Å². The van der Waals surface area contributed by atoms with E-state index < -0.39 is 10.0 Å². The average Bonchev–Trinajstić information content (AvgIpc) is 2.83. The lowest BCUT2D eigenvalue weighted by Crippen LogP contribution is -2.51. The third kappa shape index (κ3) is 6.06. The van der Waals surface area contributed by atoms with Crippen molar-refractivity contribution in [3.63, 3.8) is 0 Å². The van der Waals surface area contributed by atoms with Crippen LogP contribution in [-0.2, 0) is 14.8 Å². The highest BCUT2D eigenvalue weighted by Crippen LogP contribution is 2.28. The van der Waals surface area contributed by atoms with Gasteiger partial charge in [-0.1, -0.05) is 18.2 Å². The van der Waals surface area contributed by atoms with Crippen molar-refractivity contribution in [3.8, 4) is 17.2 Å². The zero-order chi connectivity index (χ0) is 23.8. The Bertz CT molecular complexity index is 1070. The molecule has 0 bridgehead atoms. The van der Waals surface area contributed by atoms with E-state index in [-0.39, 0.29) is 30.5 Å². The number of allylic oxidation sites excluding steroid dienone is 1. The quantitative estimate of drug-likeness (QED) is 0.555. The second-order valence-corrected chi connectivity index (χ2v) is 9.33. The second-order valence-electron chi connectivity index (χ2n) is 7.39. The van der Waals surface area contributed by atoms with Crippen LogP contribution in [0.5, 0.6) is 17.2 Å². The molecule has 3 rings (SSSR count). The summed E-state index contributed by atoms with van der Waals surface area (Å²) in [4.78, 5) is 14.5. The number of benzene rings is 2. The van der Waals surface area contributed by atoms with E-state index in [1.807, 2.05) is 38.1 Å². The summed E-state index contributed by atoms with van der Waals surface area (Å²) >= 11 is 0. The SMILES string of the molecule is C/C=C/c1ccc(OCC(=O)N2CCN(S(=O)(=O)c3ccc(OCC)cc3)CC2)c(OC)c1. The molecule has 0 radical (unpaired) electrons. The highest BCUT2D eigenvalue weighted by Gasteiger charge is 2.30. The van der Waals surface area contributed by atoms with E-state index in [0.29, 0.717) is 36.9 Å². The minimum Gasteiger partial charge on any atom is -0.494 e. The van der Waals surface area contributed by atoms with Crippen LogP contribution >= 0.6 is 0 Å². The molecule has 2 aromatic rings. The summed E-state index contributed by atoms with van der Waals surface area (Å²) in [6.45, 7) is 5.22. The van der Waals surface area contributed by atoms with Crippen molar-refractivity contribution in [2.24, 2.45) is 0 Å². The molecule has 2 aromatic carbocycles. The maximum absolute atomic E-state index is 12.9. The zero-order valence-electron chi connectivity index (χ0n) is 19.2. The minimum atomic E-state index is -3.63. The molecule has 0 saturated carbocycles. The lowest BCUT2D eigenvalue weighted by molar-refractivity contribution is -0.134. The molecule has 1 amide bonds. The Labute approximate surface area is 195 Å². The Morgan fingerprint density at radius 3 is 2.30 bits per heavy atom. The summed E-state index contributed by atoms with van der Waals surface area (Å²) < 4.78 is 43.7. The van der Waals surface area contributed by atoms with Gasteiger partial charge in [0.2, 0.25) is 10.0 Å². The van der Waals surface area contributed by atoms with Crippen molar-refractivity contribution >= 4 is 22.0 Å². The van der Waals surface area contributed by atoms with Gasteiger partial charge in [-0.3, -0.25) is 4.79 Å². The average molecular weight is 475 g/mol. The van der Waals surface area contributed by atoms with E-state index in [2.05, 4.69) is 0 Å². The van der Waals surface area contributed by atoms with Gasteiger partial charge >= 0.3 is 0 Å². The number of methoxy groups -OCH3 is 1. The Morgan fingerprint density at radius 2 is 1.70 bits per heavy atom. The molecule has 8 nitrogen and oxygen atoms in total. The fraction of sp³-hybridized carbons (Fsp3) is 0.375. The normalized spacial score (nSPS) is 14.9. The summed E-state index contributed by atoms with van der Waals surface area (Å²) in [5.74, 6) is 1.45. The van der Waals surface area contributed by atoms with Gasteiger partial charge in [0, 0.05) is 26.2 Å². The molecule has 33 heavy (non-hydrogen) atoms. The molecule has 0 N–H and O–H groups in total. The molecule has 0 unspecified atom stereocenters. The van der Waals surface area contributed by atoms with Crippen LogP contribution in [-0.4, -0.2) is 70.0 Å². The molecule has 0 aromatic heterocycles. The summed E-state index contributed by atoms with van der Waals surface area (Å²) in [6, 6.07) is 11.9. The number of nitrogens with zero attached hydrogens (tertiary/aromatic N) is 2. The third-order valence-electron chi connectivity index (χ3n) is 5.26. The van der Waals surface area contributed by atoms with Gasteiger partial charge in [-0.2, -0.15) is 4.31 Å². The Kier molecular flexibility index (Phi) is 8.35. The van der Waals surface area contributed by atoms with Crippen LogP contribution in [0.2, 0.25) is 0 Å². The largest absolute Gasteiger partial charge is 0.494 e. The lowest BCUT2D eigenvalue weighted by Gasteiger charge is -2.34. The molecule has 0 aliphatic carbocycles. The number of hydrogen-bond donors (Lipinski definition) is 0. The predicted octanol–water partition coefficient (Wildman–Crippen LogP) is 3.04. The van der Waals surface area contributed by atoms with Gasteiger partial charge in [0.05, 0.1) is 18.6 Å². The maximum Gasteiger partial charge on any atom is 0.260 e. The van der Waals surface area contributed by atoms with Crippen molar-refractivity contribution in [1.29, 1.82) is 0 Å². The maximum atomic E-state index is 12.9. The molecule has 1 saturated heterocycles. The van der Waals surface area contributed by atoms with Crippen molar-refractivity contribution in [1.82, 2.24) is 9.21 Å². The number of hydrogen-bond acceptors (Lipinski definition) is 6. The molecule has 0 atom stereocenters. The summed E-state index contributed by atoms with van der Waals surface area (Å²) in [5, 5.41) is 0. The Hall–Kier alpha value is -3.04. The molecular weight excluding hydrogens is 444 g/mol. The topological polar surface area (TPSA) is 85.4 Å². The van der Waals surface area contributed by atoms with Crippen molar-refractivity contribution in [2.75, 3.05) is 46.5 Å². The lowest BCUT2D eigenvalue weighted by atomic mass is 10.2. The van der Waals surface area contributed by atoms with Gasteiger partial charge in [-0.25, -0.2) is 8.42 Å². The number of carbonyl (C=O) groups excluding carboxylic acids is 1. The fourth-order valence-corrected chi connectivity index (χ4v) is 4.95. The van der Waals surface area contributed by atoms with Gasteiger partial charge in [0.15, 0.2) is 18.1 Å². The highest BCUT2D eigenvalue weighted by atomic mass is 32.2. The van der Waals surface area contributed by atoms with Crippen LogP contribution in [0.15, 0.2) is 53.4 Å². The first-order chi connectivity index (χ1) is 15.9. The second kappa shape index (κ2) is 11.2. The van der Waals surface area contributed by atoms with Crippen LogP contribution < -0.4 is 14.2 Å². The minimum absolute atomic E-state index is 0.148. The van der Waals surface area contributed by atoms with Crippen LogP contribution in [0.1, 0.15) is 19.4 Å². The van der Waals surface area contributed by atoms with Crippen molar-refractivity contribution < 1.29 is 27.4 Å². The van der Waals surface area contributed by atoms with E-state index in [1.165, 1.54) is 4.31 Å². The first-order valence-corrected chi connectivity index (χ1v) is 12.3. The molecular formula is C24H30N2O6S. The number of rotatable bonds is 9. The van der Waals surface area contributed by atoms with E-state index >= 15 is 0 Å². The summed E-state index contributed by atoms with van der Waals surface area (Å²) in [6.07, 6.45) is 3.87. The molecule has 0 spiro atoms. The third-order valence-corrected chi connectivity index (χ3v) is 7.17. The van der Waals surface area contributed by atoms with Crippen LogP contribution in [0.4, 0.5) is 0 Å². The molecule has 178 valence electrons. The first kappa shape index (κ1) is 24.6. The van der Waals surface area contributed by atoms with Gasteiger partial charge < -0.3 is 19.1 Å². The number of piperazine rings is 1. The van der Waals surface area contributed by atoms with Gasteiger partial charge in [-0.05, 0) is 55.8 Å². The van der Waals surface area contributed by atoms with Crippen LogP contribution in [0.3, 0.4) is 0 Å². The predicted molar refractivity (Wildman–Crippen MR) is 126 cm³/mol. The molecule has 1 fully saturated rings. The summed E-state index contributed by atoms with van der Waals surface area (Å²) in [7, 11) is -2.08. The smallest absolute Gasteiger partial charge is 0.260 e. The van der Waals surface area contributed by atoms with E-state index in [9.17, 15) is 13.2 Å². The zero-order valence-corrected chi connectivity index (χ0v) is 20.0. The first-order valence-electron chi connectivity index (χ1n) is 10.8. The highest BCUT2D eigenvalue weighted by molar-refractivity contribution is 7.89. The van der Waals surface area contributed by atoms with E-state index in [4.69, 9.17) is 14.2 Å². The molecule has 1 aliphatic heterocycles. The molecule has 1 heterocycles. The van der Waals surface area contributed by atoms with E-state index in [0.717, 1.165) is 5.56 Å². The van der Waals surface area contributed by atoms with E-state index in [1.54, 1.807) is 42.3 Å². The standard InChI is InChI=1S/C24H30N2O6S/c1-4-6-19-7-12-22(23(17-19)30-3)32-18-24(27)25-13-15-26(16-14-25)33(28,29)21-10-8-20(9-11-21)31-5-2/h4,6-12,17H,5,13-16,18H2,1-3H3/b6-4+. The number of ether oxygens (including phenoxy) is 3. The van der Waals surface area contributed by atoms with Gasteiger partial charge in [0.25, 0.3) is 5.91 Å². The Balaban J connectivity index is 1.55. The molecule has 1 aliphatic rings. The van der Waals surface area contributed by atoms with Crippen LogP contribution in [0, 0.1) is 0 Å². The summed E-state index contributed by atoms with van der Waals surface area (Å²) in [5.41, 5.74) is 0.970. The number of amides is 1. The number of sulfonamides is 1. The molecule has 9 heteroatoms. The number of carbonyl (C=O) groups is 1. The fourth-order valence-electron chi connectivity index (χ4n) is 3.53. The monoisotopic (exact) mass is 474 g/mol. The Morgan fingerprint density at radius 1 is 1.00 bits per heavy atom. The van der Waals surface area contributed by atoms with Gasteiger partial charge in [-0.15, -0.1) is 0 Å². The van der Waals surface area contributed by atoms with Crippen molar-refractivity contribution in [3.05, 3.63) is 54.1 Å².